The topological polar surface area (TPSA) is 55.6 Å². The molecule has 0 saturated carbocycles. The molecule has 0 bridgehead atoms. The molecule has 1 aliphatic rings. The van der Waals surface area contributed by atoms with E-state index in [1.54, 1.807) is 0 Å². The summed E-state index contributed by atoms with van der Waals surface area (Å²) in [6.07, 6.45) is 1.86. The standard InChI is InChI=1S/C11H22N2O2/c1-9(2)13-8-11(3,5-4-6-12)15-7-10(13)14/h9H,4-8,12H2,1-3H3. The molecule has 0 aromatic rings. The van der Waals surface area contributed by atoms with Gasteiger partial charge in [0.25, 0.3) is 0 Å². The Morgan fingerprint density at radius 3 is 2.80 bits per heavy atom. The van der Waals surface area contributed by atoms with Crippen LogP contribution in [0.1, 0.15) is 33.6 Å². The summed E-state index contributed by atoms with van der Waals surface area (Å²) in [5, 5.41) is 0. The quantitative estimate of drug-likeness (QED) is 0.751. The number of hydrogen-bond donors (Lipinski definition) is 1. The summed E-state index contributed by atoms with van der Waals surface area (Å²) in [6, 6.07) is 0.249. The molecule has 2 N–H and O–H groups in total. The molecule has 0 aromatic heterocycles. The van der Waals surface area contributed by atoms with Crippen molar-refractivity contribution < 1.29 is 9.53 Å². The summed E-state index contributed by atoms with van der Waals surface area (Å²) in [7, 11) is 0. The fourth-order valence-electron chi connectivity index (χ4n) is 1.91. The normalized spacial score (nSPS) is 27.5. The van der Waals surface area contributed by atoms with Gasteiger partial charge in [0.15, 0.2) is 0 Å². The van der Waals surface area contributed by atoms with Gasteiger partial charge in [0.05, 0.1) is 5.60 Å². The number of carbonyl (C=O) groups excluding carboxylic acids is 1. The Morgan fingerprint density at radius 1 is 1.60 bits per heavy atom. The van der Waals surface area contributed by atoms with E-state index in [1.807, 2.05) is 18.7 Å². The third-order valence-electron chi connectivity index (χ3n) is 2.90. The molecule has 4 nitrogen and oxygen atoms in total. The zero-order valence-corrected chi connectivity index (χ0v) is 9.95. The minimum absolute atomic E-state index is 0.0928. The van der Waals surface area contributed by atoms with Crippen molar-refractivity contribution in [2.24, 2.45) is 5.73 Å². The van der Waals surface area contributed by atoms with Crippen molar-refractivity contribution in [3.63, 3.8) is 0 Å². The summed E-state index contributed by atoms with van der Waals surface area (Å²) in [5.41, 5.74) is 5.28. The first-order valence-electron chi connectivity index (χ1n) is 5.62. The van der Waals surface area contributed by atoms with Crippen molar-refractivity contribution >= 4 is 5.91 Å². The Hall–Kier alpha value is -0.610. The van der Waals surface area contributed by atoms with E-state index in [2.05, 4.69) is 6.92 Å². The molecule has 1 unspecified atom stereocenters. The van der Waals surface area contributed by atoms with Crippen molar-refractivity contribution in [3.05, 3.63) is 0 Å². The van der Waals surface area contributed by atoms with Crippen LogP contribution in [0.5, 0.6) is 0 Å². The maximum atomic E-state index is 11.6. The van der Waals surface area contributed by atoms with E-state index in [4.69, 9.17) is 10.5 Å². The van der Waals surface area contributed by atoms with Crippen molar-refractivity contribution in [1.82, 2.24) is 4.90 Å². The molecule has 1 atom stereocenters. The number of morpholine rings is 1. The van der Waals surface area contributed by atoms with Gasteiger partial charge in [0.2, 0.25) is 5.91 Å². The van der Waals surface area contributed by atoms with Gasteiger partial charge in [-0.05, 0) is 40.2 Å². The van der Waals surface area contributed by atoms with Crippen LogP contribution < -0.4 is 5.73 Å². The van der Waals surface area contributed by atoms with E-state index in [9.17, 15) is 4.79 Å². The van der Waals surface area contributed by atoms with Crippen LogP contribution in [0.2, 0.25) is 0 Å². The molecule has 1 heterocycles. The van der Waals surface area contributed by atoms with Crippen LogP contribution in [0.15, 0.2) is 0 Å². The van der Waals surface area contributed by atoms with E-state index >= 15 is 0 Å². The van der Waals surface area contributed by atoms with E-state index in [0.717, 1.165) is 12.8 Å². The average molecular weight is 214 g/mol. The zero-order chi connectivity index (χ0) is 11.5. The molecule has 1 aliphatic heterocycles. The molecule has 1 fully saturated rings. The van der Waals surface area contributed by atoms with Crippen LogP contribution in [0.25, 0.3) is 0 Å². The highest BCUT2D eigenvalue weighted by molar-refractivity contribution is 5.78. The molecule has 0 radical (unpaired) electrons. The van der Waals surface area contributed by atoms with E-state index < -0.39 is 0 Å². The molecule has 0 spiro atoms. The highest BCUT2D eigenvalue weighted by atomic mass is 16.5. The van der Waals surface area contributed by atoms with Crippen molar-refractivity contribution in [2.45, 2.75) is 45.3 Å². The third-order valence-corrected chi connectivity index (χ3v) is 2.90. The van der Waals surface area contributed by atoms with E-state index in [-0.39, 0.29) is 24.2 Å². The minimum Gasteiger partial charge on any atom is -0.364 e. The van der Waals surface area contributed by atoms with Gasteiger partial charge >= 0.3 is 0 Å². The molecular formula is C11H22N2O2. The molecule has 1 rings (SSSR count). The van der Waals surface area contributed by atoms with Crippen molar-refractivity contribution in [2.75, 3.05) is 19.7 Å². The smallest absolute Gasteiger partial charge is 0.248 e. The Bertz CT molecular complexity index is 231. The van der Waals surface area contributed by atoms with Gasteiger partial charge in [-0.1, -0.05) is 0 Å². The monoisotopic (exact) mass is 214 g/mol. The zero-order valence-electron chi connectivity index (χ0n) is 9.95. The number of ether oxygens (including phenoxy) is 1. The number of nitrogens with two attached hydrogens (primary N) is 1. The fourth-order valence-corrected chi connectivity index (χ4v) is 1.91. The predicted molar refractivity (Wildman–Crippen MR) is 59.5 cm³/mol. The molecule has 88 valence electrons. The average Bonchev–Trinajstić information content (AvgIpc) is 2.19. The highest BCUT2D eigenvalue weighted by Gasteiger charge is 2.36. The first kappa shape index (κ1) is 12.5. The first-order valence-corrected chi connectivity index (χ1v) is 5.62. The number of nitrogens with zero attached hydrogens (tertiary/aromatic N) is 1. The summed E-state index contributed by atoms with van der Waals surface area (Å²) in [4.78, 5) is 13.5. The van der Waals surface area contributed by atoms with Crippen LogP contribution in [-0.2, 0) is 9.53 Å². The van der Waals surface area contributed by atoms with Crippen LogP contribution >= 0.6 is 0 Å². The van der Waals surface area contributed by atoms with Crippen LogP contribution in [0, 0.1) is 0 Å². The lowest BCUT2D eigenvalue weighted by Crippen LogP contribution is -2.55. The number of hydrogen-bond acceptors (Lipinski definition) is 3. The van der Waals surface area contributed by atoms with E-state index in [0.29, 0.717) is 13.1 Å². The fraction of sp³-hybridized carbons (Fsp3) is 0.909. The van der Waals surface area contributed by atoms with Gasteiger partial charge in [0.1, 0.15) is 6.61 Å². The Morgan fingerprint density at radius 2 is 2.27 bits per heavy atom. The lowest BCUT2D eigenvalue weighted by atomic mass is 9.97. The third kappa shape index (κ3) is 3.18. The lowest BCUT2D eigenvalue weighted by Gasteiger charge is -2.42. The minimum atomic E-state index is -0.211. The molecule has 0 aliphatic carbocycles. The molecule has 4 heteroatoms. The lowest BCUT2D eigenvalue weighted by molar-refractivity contribution is -0.165. The maximum Gasteiger partial charge on any atom is 0.248 e. The second-order valence-electron chi connectivity index (χ2n) is 4.75. The van der Waals surface area contributed by atoms with Gasteiger partial charge in [-0.25, -0.2) is 0 Å². The van der Waals surface area contributed by atoms with Gasteiger partial charge in [-0.2, -0.15) is 0 Å². The van der Waals surface area contributed by atoms with Gasteiger partial charge in [-0.15, -0.1) is 0 Å². The first-order chi connectivity index (χ1) is 6.98. The van der Waals surface area contributed by atoms with Gasteiger partial charge in [-0.3, -0.25) is 4.79 Å². The predicted octanol–water partition coefficient (Wildman–Crippen LogP) is 0.751. The summed E-state index contributed by atoms with van der Waals surface area (Å²) in [5.74, 6) is 0.0928. The Kier molecular flexibility index (Phi) is 4.11. The Balaban J connectivity index is 2.59. The second kappa shape index (κ2) is 4.94. The van der Waals surface area contributed by atoms with Gasteiger partial charge in [0, 0.05) is 12.6 Å². The van der Waals surface area contributed by atoms with Crippen LogP contribution in [-0.4, -0.2) is 42.1 Å². The summed E-state index contributed by atoms with van der Waals surface area (Å²) < 4.78 is 5.61. The van der Waals surface area contributed by atoms with Crippen LogP contribution in [0.3, 0.4) is 0 Å². The number of rotatable bonds is 4. The molecular weight excluding hydrogens is 192 g/mol. The van der Waals surface area contributed by atoms with Crippen LogP contribution in [0.4, 0.5) is 0 Å². The maximum absolute atomic E-state index is 11.6. The summed E-state index contributed by atoms with van der Waals surface area (Å²) in [6.45, 7) is 7.70. The molecule has 15 heavy (non-hydrogen) atoms. The highest BCUT2D eigenvalue weighted by Crippen LogP contribution is 2.24. The van der Waals surface area contributed by atoms with E-state index in [1.165, 1.54) is 0 Å². The molecule has 0 aromatic carbocycles. The number of amides is 1. The van der Waals surface area contributed by atoms with Crippen molar-refractivity contribution in [3.8, 4) is 0 Å². The molecule has 1 amide bonds. The van der Waals surface area contributed by atoms with Gasteiger partial charge < -0.3 is 15.4 Å². The summed E-state index contributed by atoms with van der Waals surface area (Å²) >= 11 is 0. The van der Waals surface area contributed by atoms with Crippen molar-refractivity contribution in [1.29, 1.82) is 0 Å². The number of carbonyl (C=O) groups is 1. The SMILES string of the molecule is CC(C)N1CC(C)(CCCN)OCC1=O. The second-order valence-corrected chi connectivity index (χ2v) is 4.75. The Labute approximate surface area is 91.8 Å². The molecule has 1 saturated heterocycles. The largest absolute Gasteiger partial charge is 0.364 e.